The topological polar surface area (TPSA) is 19.4 Å². The predicted molar refractivity (Wildman–Crippen MR) is 629 cm³/mol. The van der Waals surface area contributed by atoms with Crippen molar-refractivity contribution in [3.05, 3.63) is 470 Å². The number of rotatable bonds is 16. The van der Waals surface area contributed by atoms with E-state index in [1.807, 2.05) is 0 Å². The van der Waals surface area contributed by atoms with Gasteiger partial charge in [0.15, 0.2) is 0 Å². The van der Waals surface area contributed by atoms with Gasteiger partial charge in [-0.25, -0.2) is 0 Å². The van der Waals surface area contributed by atoms with Gasteiger partial charge in [-0.2, -0.15) is 0 Å². The van der Waals surface area contributed by atoms with E-state index in [9.17, 15) is 0 Å². The van der Waals surface area contributed by atoms with Gasteiger partial charge in [-0.15, -0.1) is 0 Å². The number of hydrogen-bond donors (Lipinski definition) is 0. The van der Waals surface area contributed by atoms with Crippen molar-refractivity contribution in [3.8, 4) is 66.8 Å². The van der Waals surface area contributed by atoms with Crippen molar-refractivity contribution >= 4 is 149 Å². The summed E-state index contributed by atoms with van der Waals surface area (Å²) in [6.45, 7) is 41.1. The highest BCUT2D eigenvalue weighted by atomic mass is 15.2. The minimum absolute atomic E-state index is 0.0660. The summed E-state index contributed by atoms with van der Waals surface area (Å²) < 4.78 is 0. The number of para-hydroxylation sites is 10. The molecule has 0 saturated heterocycles. The summed E-state index contributed by atoms with van der Waals surface area (Å²) in [4.78, 5) is 15.9. The van der Waals surface area contributed by atoms with E-state index in [2.05, 4.69) is 591 Å². The van der Waals surface area contributed by atoms with Crippen LogP contribution in [0.1, 0.15) is 158 Å². The van der Waals surface area contributed by atoms with Crippen molar-refractivity contribution in [1.82, 2.24) is 0 Å². The molecule has 0 atom stereocenters. The zero-order valence-electron chi connectivity index (χ0n) is 87.4. The molecule has 0 saturated carbocycles. The molecule has 0 spiro atoms. The first kappa shape index (κ1) is 93.7. The fourth-order valence-corrected chi connectivity index (χ4v) is 23.0. The van der Waals surface area contributed by atoms with Gasteiger partial charge in [0.2, 0.25) is 0 Å². The molecular weight excluding hydrogens is 1760 g/mol. The summed E-state index contributed by atoms with van der Waals surface area (Å²) in [5.74, 6) is 0. The molecule has 0 aromatic heterocycles. The van der Waals surface area contributed by atoms with Gasteiger partial charge in [-0.05, 0) is 235 Å². The summed E-state index contributed by atoms with van der Waals surface area (Å²) in [5, 5.41) is 0. The van der Waals surface area contributed by atoms with Gasteiger partial charge < -0.3 is 29.4 Å². The first-order valence-corrected chi connectivity index (χ1v) is 52.1. The minimum atomic E-state index is -0.407. The van der Waals surface area contributed by atoms with Crippen molar-refractivity contribution in [2.45, 2.75) is 157 Å². The molecular formula is C138H126B2N6. The lowest BCUT2D eigenvalue weighted by atomic mass is 9.30. The summed E-state index contributed by atoms with van der Waals surface area (Å²) in [6, 6.07) is 169. The van der Waals surface area contributed by atoms with Crippen molar-refractivity contribution < 1.29 is 0 Å². The molecule has 0 aliphatic carbocycles. The Morgan fingerprint density at radius 2 is 0.432 bits per heavy atom. The number of anilines is 18. The van der Waals surface area contributed by atoms with Crippen LogP contribution in [0.5, 0.6) is 0 Å². The third-order valence-corrected chi connectivity index (χ3v) is 30.8. The molecule has 19 aromatic carbocycles. The second kappa shape index (κ2) is 36.1. The maximum atomic E-state index is 2.80. The van der Waals surface area contributed by atoms with Gasteiger partial charge in [-0.1, -0.05) is 458 Å². The number of hydrogen-bond acceptors (Lipinski definition) is 6. The van der Waals surface area contributed by atoms with E-state index >= 15 is 0 Å². The van der Waals surface area contributed by atoms with Crippen molar-refractivity contribution in [2.24, 2.45) is 0 Å². The molecule has 8 heteroatoms. The molecule has 0 N–H and O–H groups in total. The molecule has 4 aliphatic rings. The second-order valence-corrected chi connectivity index (χ2v) is 46.5. The summed E-state index contributed by atoms with van der Waals surface area (Å²) >= 11 is 0. The number of nitrogens with zero attached hydrogens (tertiary/aromatic N) is 6. The Labute approximate surface area is 865 Å². The normalized spacial score (nSPS) is 13.2. The lowest BCUT2D eigenvalue weighted by Gasteiger charge is -2.48. The standard InChI is InChI=1S/C138H126B2N6/c1-133(2,3)97-73-61-91(62-74-97)109-49-31-35-57-119(109)142(105-45-27-21-28-46-105)108-87-126-130-128(88-108)146(132-113(95-69-81-101(82-70-95)137(13,14)15)53-40-54-114(132)96-71-83-102(84-72-96)138(16,17)18)124-90-123-117(89-118(124)140(130)116-56-34-38-60-122(116)144(126)120-58-36-32-50-110(120)92-63-75-98(76-64-92)134(4,5)6)139-115-55-33-37-59-121(115)143(106-47-29-22-30-48-106)125-85-107(141(103-41-23-19-24-42-103)104-43-25-20-26-44-104)86-127(129(125)139)145(123)131-111(93-65-77-99(78-66-93)135(7,8)9)51-39-52-112(131)94-67-79-100(80-68-94)136(10,11)12/h19-90H,1-18H3. The second-order valence-electron chi connectivity index (χ2n) is 46.5. The molecule has 19 aromatic rings. The van der Waals surface area contributed by atoms with E-state index in [0.29, 0.717) is 0 Å². The molecule has 6 nitrogen and oxygen atoms in total. The quantitative estimate of drug-likeness (QED) is 0.0892. The Balaban J connectivity index is 0.926. The third kappa shape index (κ3) is 16.7. The molecule has 0 fully saturated rings. The maximum absolute atomic E-state index is 2.80. The Hall–Kier alpha value is -15.9. The van der Waals surface area contributed by atoms with Crippen LogP contribution >= 0.6 is 0 Å². The summed E-state index contributed by atoms with van der Waals surface area (Å²) in [5.41, 5.74) is 46.5. The minimum Gasteiger partial charge on any atom is -0.311 e. The maximum Gasteiger partial charge on any atom is 0.252 e. The largest absolute Gasteiger partial charge is 0.311 e. The monoisotopic (exact) mass is 1890 g/mol. The molecule has 0 bridgehead atoms. The Bertz CT molecular complexity index is 7990. The van der Waals surface area contributed by atoms with Crippen molar-refractivity contribution in [3.63, 3.8) is 0 Å². The first-order valence-electron chi connectivity index (χ1n) is 52.1. The SMILES string of the molecule is CC(C)(C)c1ccc(-c2ccccc2N(c2ccccc2)c2cc3c4c(c2)N(c2c(-c5ccc(C(C)(C)C)cc5)cccc2-c2ccc(C(C)(C)C)cc2)c2cc5c(cc2B4c2ccccc2N3c2ccccc2-c2ccc(C(C)(C)C)cc2)B2c3ccccc3N(c3ccccc3)c3cc(N(c4ccccc4)c4ccccc4)cc(c32)N5c2c(-c3ccc(C(C)(C)C)cc3)cccc2-c2ccc(C(C)(C)C)cc2)cc1. The highest BCUT2D eigenvalue weighted by Crippen LogP contribution is 2.59. The van der Waals surface area contributed by atoms with Gasteiger partial charge in [-0.3, -0.25) is 0 Å². The average Bonchev–Trinajstić information content (AvgIpc) is 0.674. The average molecular weight is 1890 g/mol. The summed E-state index contributed by atoms with van der Waals surface area (Å²) in [7, 11) is 0. The van der Waals surface area contributed by atoms with Gasteiger partial charge in [0.25, 0.3) is 13.4 Å². The molecule has 0 unspecified atom stereocenters. The Kier molecular flexibility index (Phi) is 23.2. The molecule has 714 valence electrons. The van der Waals surface area contributed by atoms with Crippen LogP contribution in [-0.4, -0.2) is 13.4 Å². The molecule has 146 heavy (non-hydrogen) atoms. The molecule has 4 aliphatic heterocycles. The smallest absolute Gasteiger partial charge is 0.252 e. The van der Waals surface area contributed by atoms with Crippen LogP contribution in [0.4, 0.5) is 102 Å². The van der Waals surface area contributed by atoms with Crippen LogP contribution < -0.4 is 62.2 Å². The molecule has 4 heterocycles. The van der Waals surface area contributed by atoms with E-state index in [1.165, 1.54) is 66.2 Å². The lowest BCUT2D eigenvalue weighted by molar-refractivity contribution is 0.590. The third-order valence-electron chi connectivity index (χ3n) is 30.8. The van der Waals surface area contributed by atoms with E-state index in [0.717, 1.165) is 169 Å². The van der Waals surface area contributed by atoms with E-state index in [-0.39, 0.29) is 39.2 Å². The van der Waals surface area contributed by atoms with Crippen LogP contribution in [0.3, 0.4) is 0 Å². The molecule has 0 amide bonds. The first-order chi connectivity index (χ1) is 70.3. The van der Waals surface area contributed by atoms with E-state index in [4.69, 9.17) is 0 Å². The van der Waals surface area contributed by atoms with Crippen LogP contribution in [0.25, 0.3) is 66.8 Å². The summed E-state index contributed by atoms with van der Waals surface area (Å²) in [6.07, 6.45) is 0. The van der Waals surface area contributed by atoms with Crippen LogP contribution in [0.15, 0.2) is 437 Å². The van der Waals surface area contributed by atoms with Gasteiger partial charge in [0, 0.05) is 102 Å². The highest BCUT2D eigenvalue weighted by molar-refractivity contribution is 7.03. The molecule has 0 radical (unpaired) electrons. The number of benzene rings is 19. The highest BCUT2D eigenvalue weighted by Gasteiger charge is 2.51. The fourth-order valence-electron chi connectivity index (χ4n) is 23.0. The van der Waals surface area contributed by atoms with E-state index < -0.39 is 6.71 Å². The number of fused-ring (bicyclic) bond motifs is 8. The Morgan fingerprint density at radius 1 is 0.171 bits per heavy atom. The molecule has 23 rings (SSSR count). The van der Waals surface area contributed by atoms with Gasteiger partial charge in [0.1, 0.15) is 0 Å². The van der Waals surface area contributed by atoms with Gasteiger partial charge >= 0.3 is 0 Å². The zero-order valence-corrected chi connectivity index (χ0v) is 87.4. The Morgan fingerprint density at radius 3 is 0.788 bits per heavy atom. The van der Waals surface area contributed by atoms with Crippen LogP contribution in [-0.2, 0) is 32.5 Å². The predicted octanol–water partition coefficient (Wildman–Crippen LogP) is 34.6. The van der Waals surface area contributed by atoms with Crippen molar-refractivity contribution in [2.75, 3.05) is 29.4 Å². The zero-order chi connectivity index (χ0) is 101. The van der Waals surface area contributed by atoms with Crippen LogP contribution in [0.2, 0.25) is 0 Å². The fraction of sp³-hybridized carbons (Fsp3) is 0.174. The van der Waals surface area contributed by atoms with E-state index in [1.54, 1.807) is 0 Å². The van der Waals surface area contributed by atoms with Crippen molar-refractivity contribution in [1.29, 1.82) is 0 Å². The van der Waals surface area contributed by atoms with Gasteiger partial charge in [0.05, 0.1) is 34.1 Å². The van der Waals surface area contributed by atoms with Crippen LogP contribution in [0, 0.1) is 0 Å². The lowest BCUT2D eigenvalue weighted by Crippen LogP contribution is -2.65.